The van der Waals surface area contributed by atoms with Crippen molar-refractivity contribution in [3.8, 4) is 22.8 Å². The van der Waals surface area contributed by atoms with E-state index in [0.29, 0.717) is 28.4 Å². The smallest absolute Gasteiger partial charge is 0.280 e. The first-order chi connectivity index (χ1) is 11.5. The SMILES string of the molecule is Cc1cc(-c2noc(-c3cccnc3)n2)ccc1C(=O)N=C(N)N. The fourth-order valence-electron chi connectivity index (χ4n) is 2.17. The van der Waals surface area contributed by atoms with Gasteiger partial charge in [-0.25, -0.2) is 0 Å². The third-order valence-corrected chi connectivity index (χ3v) is 3.28. The Morgan fingerprint density at radius 2 is 2.04 bits per heavy atom. The molecule has 0 bridgehead atoms. The van der Waals surface area contributed by atoms with E-state index in [4.69, 9.17) is 16.0 Å². The summed E-state index contributed by atoms with van der Waals surface area (Å²) >= 11 is 0. The van der Waals surface area contributed by atoms with Crippen LogP contribution in [0.5, 0.6) is 0 Å². The van der Waals surface area contributed by atoms with E-state index in [2.05, 4.69) is 20.1 Å². The predicted molar refractivity (Wildman–Crippen MR) is 87.8 cm³/mol. The molecular formula is C16H14N6O2. The first-order valence-corrected chi connectivity index (χ1v) is 7.03. The van der Waals surface area contributed by atoms with Gasteiger partial charge in [0.05, 0.1) is 5.56 Å². The Bertz CT molecular complexity index is 913. The average Bonchev–Trinajstić information content (AvgIpc) is 3.05. The number of guanidine groups is 1. The summed E-state index contributed by atoms with van der Waals surface area (Å²) in [5.74, 6) is 0.0140. The molecule has 0 aliphatic rings. The van der Waals surface area contributed by atoms with Gasteiger partial charge >= 0.3 is 0 Å². The fourth-order valence-corrected chi connectivity index (χ4v) is 2.17. The average molecular weight is 322 g/mol. The van der Waals surface area contributed by atoms with Gasteiger partial charge in [-0.2, -0.15) is 9.98 Å². The van der Waals surface area contributed by atoms with Gasteiger partial charge in [0, 0.05) is 23.5 Å². The molecule has 0 spiro atoms. The maximum Gasteiger partial charge on any atom is 0.280 e. The van der Waals surface area contributed by atoms with Crippen molar-refractivity contribution < 1.29 is 9.32 Å². The summed E-state index contributed by atoms with van der Waals surface area (Å²) in [5, 5.41) is 3.96. The molecular weight excluding hydrogens is 308 g/mol. The minimum atomic E-state index is -0.497. The molecule has 0 aliphatic heterocycles. The van der Waals surface area contributed by atoms with Crippen LogP contribution in [0.3, 0.4) is 0 Å². The Labute approximate surface area is 137 Å². The molecule has 2 aromatic heterocycles. The van der Waals surface area contributed by atoms with Gasteiger partial charge in [0.2, 0.25) is 5.82 Å². The Hall–Kier alpha value is -3.55. The lowest BCUT2D eigenvalue weighted by molar-refractivity contribution is 0.100. The lowest BCUT2D eigenvalue weighted by atomic mass is 10.0. The highest BCUT2D eigenvalue weighted by Crippen LogP contribution is 2.23. The van der Waals surface area contributed by atoms with E-state index in [9.17, 15) is 4.79 Å². The molecule has 0 radical (unpaired) electrons. The van der Waals surface area contributed by atoms with Crippen LogP contribution in [0.1, 0.15) is 15.9 Å². The summed E-state index contributed by atoms with van der Waals surface area (Å²) in [6.07, 6.45) is 3.30. The summed E-state index contributed by atoms with van der Waals surface area (Å²) in [6.45, 7) is 1.78. The molecule has 0 saturated carbocycles. The Kier molecular flexibility index (Phi) is 4.02. The van der Waals surface area contributed by atoms with E-state index in [-0.39, 0.29) is 5.96 Å². The molecule has 120 valence electrons. The molecule has 8 nitrogen and oxygen atoms in total. The molecule has 0 unspecified atom stereocenters. The van der Waals surface area contributed by atoms with Gasteiger partial charge in [-0.3, -0.25) is 9.78 Å². The monoisotopic (exact) mass is 322 g/mol. The van der Waals surface area contributed by atoms with Crippen LogP contribution in [0.25, 0.3) is 22.8 Å². The van der Waals surface area contributed by atoms with Crippen molar-refractivity contribution in [1.82, 2.24) is 15.1 Å². The summed E-state index contributed by atoms with van der Waals surface area (Å²) in [7, 11) is 0. The number of hydrogen-bond donors (Lipinski definition) is 2. The zero-order valence-electron chi connectivity index (χ0n) is 12.8. The van der Waals surface area contributed by atoms with Crippen LogP contribution in [0.2, 0.25) is 0 Å². The number of rotatable bonds is 3. The zero-order chi connectivity index (χ0) is 17.1. The second-order valence-corrected chi connectivity index (χ2v) is 5.04. The molecule has 3 rings (SSSR count). The molecule has 0 fully saturated rings. The van der Waals surface area contributed by atoms with E-state index in [1.807, 2.05) is 6.07 Å². The van der Waals surface area contributed by atoms with Crippen LogP contribution >= 0.6 is 0 Å². The molecule has 8 heteroatoms. The van der Waals surface area contributed by atoms with Gasteiger partial charge in [0.1, 0.15) is 0 Å². The number of aryl methyl sites for hydroxylation is 1. The first-order valence-electron chi connectivity index (χ1n) is 7.03. The number of nitrogens with two attached hydrogens (primary N) is 2. The zero-order valence-corrected chi connectivity index (χ0v) is 12.8. The van der Waals surface area contributed by atoms with Crippen molar-refractivity contribution in [1.29, 1.82) is 0 Å². The van der Waals surface area contributed by atoms with Crippen LogP contribution in [0.4, 0.5) is 0 Å². The van der Waals surface area contributed by atoms with Crippen molar-refractivity contribution >= 4 is 11.9 Å². The predicted octanol–water partition coefficient (Wildman–Crippen LogP) is 1.52. The topological polar surface area (TPSA) is 133 Å². The Balaban J connectivity index is 1.91. The number of aromatic nitrogens is 3. The largest absolute Gasteiger partial charge is 0.370 e. The van der Waals surface area contributed by atoms with Gasteiger partial charge in [-0.05, 0) is 36.8 Å². The molecule has 1 aromatic carbocycles. The van der Waals surface area contributed by atoms with Crippen LogP contribution < -0.4 is 11.5 Å². The van der Waals surface area contributed by atoms with E-state index in [0.717, 1.165) is 5.56 Å². The second kappa shape index (κ2) is 6.29. The van der Waals surface area contributed by atoms with Gasteiger partial charge in [-0.15, -0.1) is 0 Å². The lowest BCUT2D eigenvalue weighted by Crippen LogP contribution is -2.24. The van der Waals surface area contributed by atoms with Gasteiger partial charge in [-0.1, -0.05) is 11.2 Å². The third kappa shape index (κ3) is 3.12. The highest BCUT2D eigenvalue weighted by molar-refractivity contribution is 6.03. The van der Waals surface area contributed by atoms with Gasteiger partial charge in [0.25, 0.3) is 11.8 Å². The minimum absolute atomic E-state index is 0.275. The van der Waals surface area contributed by atoms with Crippen LogP contribution in [0.15, 0.2) is 52.2 Å². The number of nitrogens with zero attached hydrogens (tertiary/aromatic N) is 4. The first kappa shape index (κ1) is 15.3. The molecule has 0 saturated heterocycles. The number of hydrogen-bond acceptors (Lipinski definition) is 5. The fraction of sp³-hybridized carbons (Fsp3) is 0.0625. The third-order valence-electron chi connectivity index (χ3n) is 3.28. The van der Waals surface area contributed by atoms with Gasteiger partial charge in [0.15, 0.2) is 5.96 Å². The Morgan fingerprint density at radius 1 is 1.21 bits per heavy atom. The number of carbonyl (C=O) groups is 1. The number of aliphatic imine (C=N–C) groups is 1. The number of amides is 1. The van der Waals surface area contributed by atoms with Gasteiger partial charge < -0.3 is 16.0 Å². The molecule has 24 heavy (non-hydrogen) atoms. The van der Waals surface area contributed by atoms with Crippen molar-refractivity contribution in [2.45, 2.75) is 6.92 Å². The molecule has 4 N–H and O–H groups in total. The quantitative estimate of drug-likeness (QED) is 0.551. The highest BCUT2D eigenvalue weighted by Gasteiger charge is 2.14. The number of carbonyl (C=O) groups excluding carboxylic acids is 1. The normalized spacial score (nSPS) is 10.4. The standard InChI is InChI=1S/C16H14N6O2/c1-9-7-10(4-5-12(9)14(23)21-16(17)18)13-20-15(24-22-13)11-3-2-6-19-8-11/h2-8H,1H3,(H4,17,18,21,23). The lowest BCUT2D eigenvalue weighted by Gasteiger charge is -2.03. The number of benzene rings is 1. The minimum Gasteiger partial charge on any atom is -0.370 e. The van der Waals surface area contributed by atoms with E-state index in [1.165, 1.54) is 0 Å². The van der Waals surface area contributed by atoms with E-state index in [1.54, 1.807) is 43.6 Å². The molecule has 0 atom stereocenters. The van der Waals surface area contributed by atoms with Crippen molar-refractivity contribution in [2.75, 3.05) is 0 Å². The maximum atomic E-state index is 11.9. The summed E-state index contributed by atoms with van der Waals surface area (Å²) < 4.78 is 5.25. The molecule has 1 amide bonds. The Morgan fingerprint density at radius 3 is 2.71 bits per heavy atom. The summed E-state index contributed by atoms with van der Waals surface area (Å²) in [4.78, 5) is 23.8. The number of pyridine rings is 1. The molecule has 3 aromatic rings. The van der Waals surface area contributed by atoms with Crippen molar-refractivity contribution in [3.05, 3.63) is 53.9 Å². The summed E-state index contributed by atoms with van der Waals surface area (Å²) in [5.41, 5.74) is 13.0. The van der Waals surface area contributed by atoms with Crippen LogP contribution in [0, 0.1) is 6.92 Å². The van der Waals surface area contributed by atoms with Crippen LogP contribution in [-0.4, -0.2) is 27.0 Å². The second-order valence-electron chi connectivity index (χ2n) is 5.04. The van der Waals surface area contributed by atoms with Crippen molar-refractivity contribution in [2.24, 2.45) is 16.5 Å². The van der Waals surface area contributed by atoms with E-state index < -0.39 is 5.91 Å². The highest BCUT2D eigenvalue weighted by atomic mass is 16.5. The maximum absolute atomic E-state index is 11.9. The van der Waals surface area contributed by atoms with E-state index >= 15 is 0 Å². The summed E-state index contributed by atoms with van der Waals surface area (Å²) in [6, 6.07) is 8.72. The van der Waals surface area contributed by atoms with Crippen LogP contribution in [-0.2, 0) is 0 Å². The molecule has 0 aliphatic carbocycles. The van der Waals surface area contributed by atoms with Crippen molar-refractivity contribution in [3.63, 3.8) is 0 Å². The molecule has 2 heterocycles.